The van der Waals surface area contributed by atoms with Crippen LogP contribution in [0.15, 0.2) is 36.5 Å². The predicted molar refractivity (Wildman–Crippen MR) is 108 cm³/mol. The molecule has 7 heteroatoms. The van der Waals surface area contributed by atoms with E-state index in [0.717, 1.165) is 44.2 Å². The molecule has 1 saturated heterocycles. The van der Waals surface area contributed by atoms with Crippen LogP contribution in [0.1, 0.15) is 24.8 Å². The van der Waals surface area contributed by atoms with Gasteiger partial charge in [0.15, 0.2) is 0 Å². The molecule has 0 spiro atoms. The maximum Gasteiger partial charge on any atom is 0.219 e. The number of halogens is 2. The topological polar surface area (TPSA) is 52.5 Å². The molecule has 2 fully saturated rings. The Hall–Kier alpha value is -1.82. The lowest BCUT2D eigenvalue weighted by molar-refractivity contribution is 0.276. The fourth-order valence-electron chi connectivity index (χ4n) is 3.39. The first-order chi connectivity index (χ1) is 13.1. The minimum atomic E-state index is 0.439. The van der Waals surface area contributed by atoms with E-state index in [9.17, 15) is 0 Å². The van der Waals surface area contributed by atoms with Crippen molar-refractivity contribution in [2.45, 2.75) is 25.3 Å². The molecule has 0 radical (unpaired) electrons. The van der Waals surface area contributed by atoms with Crippen LogP contribution in [0.3, 0.4) is 0 Å². The van der Waals surface area contributed by atoms with Crippen molar-refractivity contribution in [1.29, 1.82) is 5.41 Å². The lowest BCUT2D eigenvalue weighted by atomic mass is 10.2. The molecule has 2 aliphatic rings. The highest BCUT2D eigenvalue weighted by molar-refractivity contribution is 6.42. The van der Waals surface area contributed by atoms with Crippen molar-refractivity contribution < 1.29 is 4.74 Å². The standard InChI is InChI=1S/C20H22Cl2N4O/c21-17-6-5-16(12-18(17)22)27-19-7-2-14(13-24-19)20(23)26-9-1-8-25(10-11-26)15-3-4-15/h2,5-7,12-13,15,23H,1,3-4,8-11H2. The number of amidine groups is 1. The molecule has 5 nitrogen and oxygen atoms in total. The lowest BCUT2D eigenvalue weighted by Crippen LogP contribution is -2.35. The van der Waals surface area contributed by atoms with Crippen LogP contribution in [0.4, 0.5) is 0 Å². The molecule has 0 amide bonds. The molecule has 0 atom stereocenters. The number of hydrogen-bond acceptors (Lipinski definition) is 4. The van der Waals surface area contributed by atoms with Gasteiger partial charge in [0, 0.05) is 56.1 Å². The normalized spacial score (nSPS) is 18.2. The van der Waals surface area contributed by atoms with Gasteiger partial charge in [-0.3, -0.25) is 10.3 Å². The maximum absolute atomic E-state index is 8.55. The Balaban J connectivity index is 1.39. The van der Waals surface area contributed by atoms with Gasteiger partial charge in [-0.05, 0) is 37.5 Å². The van der Waals surface area contributed by atoms with E-state index in [4.69, 9.17) is 33.3 Å². The first-order valence-corrected chi connectivity index (χ1v) is 10.0. The summed E-state index contributed by atoms with van der Waals surface area (Å²) in [6.45, 7) is 4.00. The van der Waals surface area contributed by atoms with Crippen molar-refractivity contribution in [3.63, 3.8) is 0 Å². The number of aromatic nitrogens is 1. The van der Waals surface area contributed by atoms with Gasteiger partial charge in [0.25, 0.3) is 0 Å². The van der Waals surface area contributed by atoms with E-state index < -0.39 is 0 Å². The highest BCUT2D eigenvalue weighted by Gasteiger charge is 2.30. The van der Waals surface area contributed by atoms with Crippen LogP contribution in [0.2, 0.25) is 10.0 Å². The Morgan fingerprint density at radius 3 is 2.59 bits per heavy atom. The van der Waals surface area contributed by atoms with Crippen LogP contribution in [-0.2, 0) is 0 Å². The Kier molecular flexibility index (Phi) is 5.53. The lowest BCUT2D eigenvalue weighted by Gasteiger charge is -2.24. The summed E-state index contributed by atoms with van der Waals surface area (Å²) in [6.07, 6.45) is 5.47. The van der Waals surface area contributed by atoms with Crippen LogP contribution in [0, 0.1) is 5.41 Å². The van der Waals surface area contributed by atoms with E-state index in [0.29, 0.717) is 27.5 Å². The Bertz CT molecular complexity index is 823. The third-order valence-electron chi connectivity index (χ3n) is 5.03. The third kappa shape index (κ3) is 4.54. The molecule has 0 unspecified atom stereocenters. The van der Waals surface area contributed by atoms with Crippen molar-refractivity contribution >= 4 is 29.0 Å². The van der Waals surface area contributed by atoms with Crippen molar-refractivity contribution in [2.75, 3.05) is 26.2 Å². The number of benzene rings is 1. The van der Waals surface area contributed by atoms with Crippen molar-refractivity contribution in [2.24, 2.45) is 0 Å². The van der Waals surface area contributed by atoms with Gasteiger partial charge in [0.05, 0.1) is 10.0 Å². The van der Waals surface area contributed by atoms with Crippen LogP contribution in [0.5, 0.6) is 11.6 Å². The largest absolute Gasteiger partial charge is 0.439 e. The second-order valence-electron chi connectivity index (χ2n) is 7.02. The van der Waals surface area contributed by atoms with Gasteiger partial charge in [-0.15, -0.1) is 0 Å². The number of pyridine rings is 1. The molecular weight excluding hydrogens is 383 g/mol. The maximum atomic E-state index is 8.55. The Morgan fingerprint density at radius 2 is 1.89 bits per heavy atom. The third-order valence-corrected chi connectivity index (χ3v) is 5.77. The number of rotatable bonds is 4. The number of hydrogen-bond donors (Lipinski definition) is 1. The van der Waals surface area contributed by atoms with Crippen LogP contribution < -0.4 is 4.74 Å². The molecule has 2 aromatic rings. The van der Waals surface area contributed by atoms with Crippen molar-refractivity contribution in [1.82, 2.24) is 14.8 Å². The molecule has 0 bridgehead atoms. The zero-order valence-electron chi connectivity index (χ0n) is 15.0. The molecule has 1 aromatic carbocycles. The summed E-state index contributed by atoms with van der Waals surface area (Å²) in [7, 11) is 0. The second-order valence-corrected chi connectivity index (χ2v) is 7.83. The van der Waals surface area contributed by atoms with Gasteiger partial charge in [-0.1, -0.05) is 23.2 Å². The van der Waals surface area contributed by atoms with Crippen molar-refractivity contribution in [3.8, 4) is 11.6 Å². The van der Waals surface area contributed by atoms with Gasteiger partial charge in [0.2, 0.25) is 5.88 Å². The second kappa shape index (κ2) is 8.05. The van der Waals surface area contributed by atoms with Crippen LogP contribution in [0.25, 0.3) is 0 Å². The first kappa shape index (κ1) is 18.5. The van der Waals surface area contributed by atoms with E-state index in [1.54, 1.807) is 30.5 Å². The molecule has 1 aliphatic heterocycles. The van der Waals surface area contributed by atoms with Crippen LogP contribution in [-0.4, -0.2) is 52.8 Å². The summed E-state index contributed by atoms with van der Waals surface area (Å²) >= 11 is 11.9. The summed E-state index contributed by atoms with van der Waals surface area (Å²) in [5, 5.41) is 9.47. The van der Waals surface area contributed by atoms with Gasteiger partial charge < -0.3 is 9.64 Å². The fourth-order valence-corrected chi connectivity index (χ4v) is 3.68. The summed E-state index contributed by atoms with van der Waals surface area (Å²) in [4.78, 5) is 9.06. The predicted octanol–water partition coefficient (Wildman–Crippen LogP) is 4.68. The SMILES string of the molecule is N=C(c1ccc(Oc2ccc(Cl)c(Cl)c2)nc1)N1CCCN(C2CC2)CC1. The molecule has 1 saturated carbocycles. The summed E-state index contributed by atoms with van der Waals surface area (Å²) in [5.74, 6) is 1.56. The number of nitrogens with zero attached hydrogens (tertiary/aromatic N) is 3. The highest BCUT2D eigenvalue weighted by Crippen LogP contribution is 2.29. The fraction of sp³-hybridized carbons (Fsp3) is 0.400. The van der Waals surface area contributed by atoms with Crippen LogP contribution >= 0.6 is 23.2 Å². The van der Waals surface area contributed by atoms with E-state index in [-0.39, 0.29) is 0 Å². The molecule has 1 N–H and O–H groups in total. The summed E-state index contributed by atoms with van der Waals surface area (Å²) in [5.41, 5.74) is 0.802. The smallest absolute Gasteiger partial charge is 0.219 e. The molecule has 4 rings (SSSR count). The Labute approximate surface area is 169 Å². The van der Waals surface area contributed by atoms with E-state index in [2.05, 4.69) is 14.8 Å². The molecular formula is C20H22Cl2N4O. The molecule has 1 aliphatic carbocycles. The zero-order chi connectivity index (χ0) is 18.8. The zero-order valence-corrected chi connectivity index (χ0v) is 16.5. The van der Waals surface area contributed by atoms with Gasteiger partial charge in [-0.2, -0.15) is 0 Å². The Morgan fingerprint density at radius 1 is 1.04 bits per heavy atom. The van der Waals surface area contributed by atoms with Gasteiger partial charge in [0.1, 0.15) is 11.6 Å². The average Bonchev–Trinajstić information content (AvgIpc) is 3.51. The summed E-state index contributed by atoms with van der Waals surface area (Å²) < 4.78 is 5.72. The van der Waals surface area contributed by atoms with E-state index in [1.165, 1.54) is 12.8 Å². The van der Waals surface area contributed by atoms with Gasteiger partial charge in [-0.25, -0.2) is 4.98 Å². The monoisotopic (exact) mass is 404 g/mol. The molecule has 142 valence electrons. The van der Waals surface area contributed by atoms with Crippen molar-refractivity contribution in [3.05, 3.63) is 52.1 Å². The minimum absolute atomic E-state index is 0.439. The van der Waals surface area contributed by atoms with Gasteiger partial charge >= 0.3 is 0 Å². The minimum Gasteiger partial charge on any atom is -0.439 e. The highest BCUT2D eigenvalue weighted by atomic mass is 35.5. The molecule has 2 heterocycles. The average molecular weight is 405 g/mol. The number of ether oxygens (including phenoxy) is 1. The van der Waals surface area contributed by atoms with E-state index >= 15 is 0 Å². The first-order valence-electron chi connectivity index (χ1n) is 9.27. The van der Waals surface area contributed by atoms with E-state index in [1.807, 2.05) is 6.07 Å². The number of nitrogens with one attached hydrogen (secondary N) is 1. The molecule has 27 heavy (non-hydrogen) atoms. The quantitative estimate of drug-likeness (QED) is 0.593. The summed E-state index contributed by atoms with van der Waals surface area (Å²) in [6, 6.07) is 9.54. The molecule has 1 aromatic heterocycles.